The number of nitrogens with zero attached hydrogens (tertiary/aromatic N) is 3. The molecular formula is C12H16N4O3. The van der Waals surface area contributed by atoms with Crippen LogP contribution in [-0.4, -0.2) is 45.6 Å². The Morgan fingerprint density at radius 3 is 2.84 bits per heavy atom. The summed E-state index contributed by atoms with van der Waals surface area (Å²) in [4.78, 5) is 36.8. The van der Waals surface area contributed by atoms with Crippen LogP contribution in [0.2, 0.25) is 0 Å². The van der Waals surface area contributed by atoms with Gasteiger partial charge in [-0.15, -0.1) is 0 Å². The van der Waals surface area contributed by atoms with E-state index in [1.807, 2.05) is 6.92 Å². The molecular weight excluding hydrogens is 248 g/mol. The van der Waals surface area contributed by atoms with E-state index in [2.05, 4.69) is 10.4 Å². The van der Waals surface area contributed by atoms with Gasteiger partial charge in [0.05, 0.1) is 0 Å². The molecule has 1 fully saturated rings. The number of carbonyl (C=O) groups excluding carboxylic acids is 2. The second kappa shape index (κ2) is 5.21. The highest BCUT2D eigenvalue weighted by molar-refractivity contribution is 5.96. The third-order valence-electron chi connectivity index (χ3n) is 3.16. The minimum Gasteiger partial charge on any atom is -0.353 e. The summed E-state index contributed by atoms with van der Waals surface area (Å²) in [5, 5.41) is 6.65. The molecule has 102 valence electrons. The van der Waals surface area contributed by atoms with Crippen LogP contribution in [0.25, 0.3) is 0 Å². The molecule has 2 rings (SSSR count). The Balaban J connectivity index is 2.29. The minimum atomic E-state index is -0.472. The molecule has 0 radical (unpaired) electrons. The van der Waals surface area contributed by atoms with E-state index in [1.165, 1.54) is 24.1 Å². The fraction of sp³-hybridized carbons (Fsp3) is 0.500. The van der Waals surface area contributed by atoms with Gasteiger partial charge in [-0.3, -0.25) is 14.4 Å². The monoisotopic (exact) mass is 264 g/mol. The summed E-state index contributed by atoms with van der Waals surface area (Å²) in [5.41, 5.74) is -0.102. The topological polar surface area (TPSA) is 84.3 Å². The van der Waals surface area contributed by atoms with Crippen LogP contribution < -0.4 is 10.9 Å². The Kier molecular flexibility index (Phi) is 3.64. The zero-order valence-corrected chi connectivity index (χ0v) is 10.9. The minimum absolute atomic E-state index is 0.146. The third kappa shape index (κ3) is 2.49. The van der Waals surface area contributed by atoms with Gasteiger partial charge in [0, 0.05) is 26.2 Å². The quantitative estimate of drug-likeness (QED) is 0.752. The lowest BCUT2D eigenvalue weighted by molar-refractivity contribution is -0.127. The van der Waals surface area contributed by atoms with E-state index in [0.29, 0.717) is 19.5 Å². The van der Waals surface area contributed by atoms with Crippen molar-refractivity contribution in [1.29, 1.82) is 0 Å². The maximum Gasteiger partial charge on any atom is 0.275 e. The Labute approximate surface area is 110 Å². The Bertz CT molecular complexity index is 566. The van der Waals surface area contributed by atoms with Crippen LogP contribution in [0.5, 0.6) is 0 Å². The van der Waals surface area contributed by atoms with E-state index in [-0.39, 0.29) is 23.1 Å². The molecule has 2 amide bonds. The molecule has 0 bridgehead atoms. The largest absolute Gasteiger partial charge is 0.353 e. The number of aromatic nitrogens is 2. The van der Waals surface area contributed by atoms with Crippen LogP contribution in [0.4, 0.5) is 0 Å². The van der Waals surface area contributed by atoms with Gasteiger partial charge in [-0.2, -0.15) is 5.10 Å². The molecule has 7 nitrogen and oxygen atoms in total. The van der Waals surface area contributed by atoms with Gasteiger partial charge in [0.2, 0.25) is 5.91 Å². The van der Waals surface area contributed by atoms with E-state index >= 15 is 0 Å². The van der Waals surface area contributed by atoms with Crippen molar-refractivity contribution in [2.75, 3.05) is 13.1 Å². The van der Waals surface area contributed by atoms with Crippen molar-refractivity contribution < 1.29 is 9.59 Å². The van der Waals surface area contributed by atoms with Crippen LogP contribution in [-0.2, 0) is 11.8 Å². The summed E-state index contributed by atoms with van der Waals surface area (Å²) in [5.74, 6) is -0.468. The van der Waals surface area contributed by atoms with Crippen molar-refractivity contribution in [3.63, 3.8) is 0 Å². The van der Waals surface area contributed by atoms with Gasteiger partial charge in [-0.05, 0) is 12.5 Å². The molecule has 0 aromatic carbocycles. The number of hydrogen-bond acceptors (Lipinski definition) is 4. The molecule has 1 aliphatic heterocycles. The first-order chi connectivity index (χ1) is 9.04. The molecule has 7 heteroatoms. The first kappa shape index (κ1) is 13.3. The number of amides is 2. The molecule has 0 aliphatic carbocycles. The van der Waals surface area contributed by atoms with Crippen molar-refractivity contribution in [3.05, 3.63) is 28.2 Å². The highest BCUT2D eigenvalue weighted by Crippen LogP contribution is 2.11. The van der Waals surface area contributed by atoms with Crippen LogP contribution in [0.1, 0.15) is 23.8 Å². The Morgan fingerprint density at radius 2 is 2.21 bits per heavy atom. The van der Waals surface area contributed by atoms with Crippen LogP contribution in [0, 0.1) is 0 Å². The molecule has 1 unspecified atom stereocenters. The van der Waals surface area contributed by atoms with Gasteiger partial charge >= 0.3 is 0 Å². The molecule has 1 aromatic heterocycles. The van der Waals surface area contributed by atoms with Gasteiger partial charge in [0.15, 0.2) is 0 Å². The van der Waals surface area contributed by atoms with E-state index in [4.69, 9.17) is 0 Å². The SMILES string of the molecule is CCC1C(=O)NCCN1C(=O)c1ccc(=O)n(C)n1. The highest BCUT2D eigenvalue weighted by atomic mass is 16.2. The maximum atomic E-state index is 12.3. The molecule has 2 heterocycles. The number of nitrogens with one attached hydrogen (secondary N) is 1. The second-order valence-electron chi connectivity index (χ2n) is 4.39. The van der Waals surface area contributed by atoms with Gasteiger partial charge in [0.25, 0.3) is 11.5 Å². The lowest BCUT2D eigenvalue weighted by Crippen LogP contribution is -2.57. The van der Waals surface area contributed by atoms with E-state index in [9.17, 15) is 14.4 Å². The molecule has 1 aromatic rings. The fourth-order valence-corrected chi connectivity index (χ4v) is 2.13. The standard InChI is InChI=1S/C12H16N4O3/c1-3-9-11(18)13-6-7-16(9)12(19)8-4-5-10(17)15(2)14-8/h4-5,9H,3,6-7H2,1-2H3,(H,13,18). The number of hydrogen-bond donors (Lipinski definition) is 1. The Hall–Kier alpha value is -2.18. The summed E-state index contributed by atoms with van der Waals surface area (Å²) < 4.78 is 1.11. The predicted octanol–water partition coefficient (Wildman–Crippen LogP) is -0.869. The van der Waals surface area contributed by atoms with Crippen LogP contribution in [0.3, 0.4) is 0 Å². The summed E-state index contributed by atoms with van der Waals surface area (Å²) in [6.45, 7) is 2.74. The van der Waals surface area contributed by atoms with Gasteiger partial charge in [-0.25, -0.2) is 4.68 Å². The number of piperazine rings is 1. The highest BCUT2D eigenvalue weighted by Gasteiger charge is 2.32. The average molecular weight is 264 g/mol. The summed E-state index contributed by atoms with van der Waals surface area (Å²) >= 11 is 0. The van der Waals surface area contributed by atoms with Gasteiger partial charge in [-0.1, -0.05) is 6.92 Å². The second-order valence-corrected chi connectivity index (χ2v) is 4.39. The van der Waals surface area contributed by atoms with Crippen molar-refractivity contribution in [3.8, 4) is 0 Å². The summed E-state index contributed by atoms with van der Waals surface area (Å²) in [7, 11) is 1.49. The van der Waals surface area contributed by atoms with E-state index in [0.717, 1.165) is 4.68 Å². The molecule has 1 atom stereocenters. The molecule has 19 heavy (non-hydrogen) atoms. The zero-order chi connectivity index (χ0) is 14.0. The van der Waals surface area contributed by atoms with E-state index in [1.54, 1.807) is 0 Å². The van der Waals surface area contributed by atoms with Crippen LogP contribution >= 0.6 is 0 Å². The molecule has 1 aliphatic rings. The lowest BCUT2D eigenvalue weighted by atomic mass is 10.1. The lowest BCUT2D eigenvalue weighted by Gasteiger charge is -2.34. The van der Waals surface area contributed by atoms with Crippen molar-refractivity contribution in [2.24, 2.45) is 7.05 Å². The summed E-state index contributed by atoms with van der Waals surface area (Å²) in [6, 6.07) is 2.22. The Morgan fingerprint density at radius 1 is 1.47 bits per heavy atom. The van der Waals surface area contributed by atoms with Crippen molar-refractivity contribution in [2.45, 2.75) is 19.4 Å². The molecule has 0 saturated carbocycles. The normalized spacial score (nSPS) is 19.2. The zero-order valence-electron chi connectivity index (χ0n) is 10.9. The number of rotatable bonds is 2. The molecule has 1 N–H and O–H groups in total. The van der Waals surface area contributed by atoms with Gasteiger partial charge in [0.1, 0.15) is 11.7 Å². The first-order valence-corrected chi connectivity index (χ1v) is 6.17. The summed E-state index contributed by atoms with van der Waals surface area (Å²) in [6.07, 6.45) is 0.545. The third-order valence-corrected chi connectivity index (χ3v) is 3.16. The predicted molar refractivity (Wildman–Crippen MR) is 67.6 cm³/mol. The van der Waals surface area contributed by atoms with Crippen LogP contribution in [0.15, 0.2) is 16.9 Å². The number of aryl methyl sites for hydroxylation is 1. The molecule has 1 saturated heterocycles. The van der Waals surface area contributed by atoms with E-state index < -0.39 is 6.04 Å². The number of carbonyl (C=O) groups is 2. The molecule has 0 spiro atoms. The smallest absolute Gasteiger partial charge is 0.275 e. The fourth-order valence-electron chi connectivity index (χ4n) is 2.13. The van der Waals surface area contributed by atoms with Gasteiger partial charge < -0.3 is 10.2 Å². The van der Waals surface area contributed by atoms with Crippen molar-refractivity contribution >= 4 is 11.8 Å². The first-order valence-electron chi connectivity index (χ1n) is 6.17. The van der Waals surface area contributed by atoms with Crippen molar-refractivity contribution in [1.82, 2.24) is 20.0 Å². The average Bonchev–Trinajstić information content (AvgIpc) is 2.40. The maximum absolute atomic E-state index is 12.3.